The van der Waals surface area contributed by atoms with Gasteiger partial charge in [0.15, 0.2) is 5.16 Å². The Morgan fingerprint density at radius 1 is 1.15 bits per heavy atom. The lowest BCUT2D eigenvalue weighted by atomic mass is 9.97. The monoisotopic (exact) mass is 558 g/mol. The third-order valence-electron chi connectivity index (χ3n) is 6.86. The summed E-state index contributed by atoms with van der Waals surface area (Å²) >= 11 is 2.64. The summed E-state index contributed by atoms with van der Waals surface area (Å²) in [5.41, 5.74) is 5.50. The number of hydrogen-bond acceptors (Lipinski definition) is 7. The van der Waals surface area contributed by atoms with E-state index in [2.05, 4.69) is 46.4 Å². The van der Waals surface area contributed by atoms with Gasteiger partial charge in [0.05, 0.1) is 12.9 Å². The number of nitrogens with one attached hydrogen (secondary N) is 1. The Labute approximate surface area is 236 Å². The molecule has 2 aromatic carbocycles. The van der Waals surface area contributed by atoms with Gasteiger partial charge < -0.3 is 14.6 Å². The molecule has 4 aromatic rings. The quantitative estimate of drug-likeness (QED) is 0.134. The number of aromatic nitrogens is 3. The number of aryl methyl sites for hydroxylation is 2. The number of hydrogen-bond donors (Lipinski definition) is 1. The van der Waals surface area contributed by atoms with E-state index >= 15 is 0 Å². The van der Waals surface area contributed by atoms with E-state index in [-0.39, 0.29) is 11.7 Å². The number of anilines is 1. The molecule has 0 bridgehead atoms. The van der Waals surface area contributed by atoms with Crippen molar-refractivity contribution < 1.29 is 14.3 Å². The molecule has 0 aliphatic heterocycles. The Morgan fingerprint density at radius 2 is 1.95 bits per heavy atom. The molecule has 7 nitrogen and oxygen atoms in total. The van der Waals surface area contributed by atoms with E-state index in [0.29, 0.717) is 34.1 Å². The zero-order chi connectivity index (χ0) is 27.5. The molecule has 0 radical (unpaired) electrons. The normalized spacial score (nSPS) is 16.1. The van der Waals surface area contributed by atoms with Crippen molar-refractivity contribution in [2.24, 2.45) is 0 Å². The number of carbonyl (C=O) groups excluding carboxylic acids is 2. The lowest BCUT2D eigenvalue weighted by Gasteiger charge is -2.10. The van der Waals surface area contributed by atoms with E-state index in [1.165, 1.54) is 35.8 Å². The molecule has 1 fully saturated rings. The first-order valence-electron chi connectivity index (χ1n) is 12.7. The highest BCUT2D eigenvalue weighted by molar-refractivity contribution is 7.99. The molecule has 2 unspecified atom stereocenters. The largest absolute Gasteiger partial charge is 0.465 e. The predicted molar refractivity (Wildman–Crippen MR) is 157 cm³/mol. The van der Waals surface area contributed by atoms with Crippen molar-refractivity contribution in [3.63, 3.8) is 0 Å². The molecule has 1 N–H and O–H groups in total. The van der Waals surface area contributed by atoms with Gasteiger partial charge in [-0.15, -0.1) is 28.1 Å². The van der Waals surface area contributed by atoms with Crippen molar-refractivity contribution in [2.45, 2.75) is 43.8 Å². The molecule has 2 aromatic heterocycles. The van der Waals surface area contributed by atoms with Crippen LogP contribution < -0.4 is 5.32 Å². The van der Waals surface area contributed by atoms with Gasteiger partial charge in [-0.2, -0.15) is 0 Å². The topological polar surface area (TPSA) is 86.1 Å². The molecule has 1 saturated carbocycles. The number of thioether (sulfide) groups is 1. The molecule has 0 saturated heterocycles. The summed E-state index contributed by atoms with van der Waals surface area (Å²) in [6, 6.07) is 16.5. The lowest BCUT2D eigenvalue weighted by molar-refractivity contribution is -0.113. The van der Waals surface area contributed by atoms with E-state index in [1.807, 2.05) is 54.1 Å². The SMILES string of the molecule is C=CCn1c(SCC(=O)Nc2scc(-c3cc(C)ccc3C)c2C(=O)OC)nnc1C1CC1c1ccccc1. The standard InChI is InChI=1S/C30H30N4O3S2/c1-5-13-34-27(23-15-22(23)20-9-7-6-8-10-20)32-33-30(34)39-17-25(35)31-28-26(29(36)37-4)24(16-38-28)21-14-18(2)11-12-19(21)3/h5-12,14,16,22-23H,1,13,15,17H2,2-4H3,(H,31,35). The minimum atomic E-state index is -0.483. The molecule has 200 valence electrons. The third kappa shape index (κ3) is 5.69. The molecule has 9 heteroatoms. The Kier molecular flexibility index (Phi) is 7.99. The van der Waals surface area contributed by atoms with Crippen molar-refractivity contribution in [2.75, 3.05) is 18.2 Å². The van der Waals surface area contributed by atoms with E-state index < -0.39 is 5.97 Å². The summed E-state index contributed by atoms with van der Waals surface area (Å²) in [6.07, 6.45) is 2.85. The van der Waals surface area contributed by atoms with Crippen molar-refractivity contribution >= 4 is 40.0 Å². The Morgan fingerprint density at radius 3 is 2.69 bits per heavy atom. The van der Waals surface area contributed by atoms with Gasteiger partial charge in [0.1, 0.15) is 16.4 Å². The van der Waals surface area contributed by atoms with Gasteiger partial charge >= 0.3 is 5.97 Å². The van der Waals surface area contributed by atoms with Crippen LogP contribution in [0.25, 0.3) is 11.1 Å². The first kappa shape index (κ1) is 26.9. The molecule has 2 heterocycles. The minimum absolute atomic E-state index is 0.124. The van der Waals surface area contributed by atoms with Crippen LogP contribution in [0.5, 0.6) is 0 Å². The van der Waals surface area contributed by atoms with E-state index in [0.717, 1.165) is 34.5 Å². The Bertz CT molecular complexity index is 1530. The Balaban J connectivity index is 1.31. The Hall–Kier alpha value is -3.69. The van der Waals surface area contributed by atoms with Crippen molar-refractivity contribution in [1.29, 1.82) is 0 Å². The predicted octanol–water partition coefficient (Wildman–Crippen LogP) is 6.60. The maximum atomic E-state index is 13.0. The van der Waals surface area contributed by atoms with E-state index in [1.54, 1.807) is 0 Å². The van der Waals surface area contributed by atoms with Crippen LogP contribution in [0.2, 0.25) is 0 Å². The second-order valence-electron chi connectivity index (χ2n) is 9.60. The fourth-order valence-corrected chi connectivity index (χ4v) is 6.52. The van der Waals surface area contributed by atoms with Gasteiger partial charge in [-0.05, 0) is 42.9 Å². The molecule has 0 spiro atoms. The minimum Gasteiger partial charge on any atom is -0.465 e. The fourth-order valence-electron chi connectivity index (χ4n) is 4.80. The molecular formula is C30H30N4O3S2. The maximum Gasteiger partial charge on any atom is 0.341 e. The molecule has 1 aliphatic rings. The van der Waals surface area contributed by atoms with Gasteiger partial charge in [-0.25, -0.2) is 4.79 Å². The summed E-state index contributed by atoms with van der Waals surface area (Å²) in [5.74, 6) is 1.07. The van der Waals surface area contributed by atoms with Crippen LogP contribution in [0.4, 0.5) is 5.00 Å². The highest BCUT2D eigenvalue weighted by atomic mass is 32.2. The number of allylic oxidation sites excluding steroid dienone is 1. The molecule has 2 atom stereocenters. The number of rotatable bonds is 10. The van der Waals surface area contributed by atoms with Crippen molar-refractivity contribution in [1.82, 2.24) is 14.8 Å². The zero-order valence-corrected chi connectivity index (χ0v) is 23.8. The molecule has 39 heavy (non-hydrogen) atoms. The maximum absolute atomic E-state index is 13.0. The first-order chi connectivity index (χ1) is 18.9. The van der Waals surface area contributed by atoms with Gasteiger partial charge in [0, 0.05) is 23.4 Å². The highest BCUT2D eigenvalue weighted by Crippen LogP contribution is 2.54. The zero-order valence-electron chi connectivity index (χ0n) is 22.1. The average molecular weight is 559 g/mol. The van der Waals surface area contributed by atoms with E-state index in [4.69, 9.17) is 4.74 Å². The van der Waals surface area contributed by atoms with Crippen molar-refractivity contribution in [3.05, 3.63) is 94.6 Å². The van der Waals surface area contributed by atoms with Crippen LogP contribution in [0, 0.1) is 13.8 Å². The van der Waals surface area contributed by atoms with Crippen LogP contribution in [0.1, 0.15) is 51.1 Å². The summed E-state index contributed by atoms with van der Waals surface area (Å²) < 4.78 is 7.12. The smallest absolute Gasteiger partial charge is 0.341 e. The number of nitrogens with zero attached hydrogens (tertiary/aromatic N) is 3. The second kappa shape index (κ2) is 11.6. The summed E-state index contributed by atoms with van der Waals surface area (Å²) in [7, 11) is 1.35. The van der Waals surface area contributed by atoms with Gasteiger partial charge in [-0.3, -0.25) is 4.79 Å². The number of esters is 1. The number of ether oxygens (including phenoxy) is 1. The third-order valence-corrected chi connectivity index (χ3v) is 8.72. The first-order valence-corrected chi connectivity index (χ1v) is 14.6. The highest BCUT2D eigenvalue weighted by Gasteiger charge is 2.43. The number of amides is 1. The van der Waals surface area contributed by atoms with Crippen LogP contribution in [0.3, 0.4) is 0 Å². The van der Waals surface area contributed by atoms with Gasteiger partial charge in [0.2, 0.25) is 5.91 Å². The lowest BCUT2D eigenvalue weighted by Crippen LogP contribution is -2.16. The molecular weight excluding hydrogens is 528 g/mol. The molecule has 1 aliphatic carbocycles. The van der Waals surface area contributed by atoms with Crippen LogP contribution in [0.15, 0.2) is 71.7 Å². The molecule has 5 rings (SSSR count). The van der Waals surface area contributed by atoms with Crippen LogP contribution in [-0.2, 0) is 16.1 Å². The summed E-state index contributed by atoms with van der Waals surface area (Å²) in [4.78, 5) is 25.8. The fraction of sp³-hybridized carbons (Fsp3) is 0.267. The summed E-state index contributed by atoms with van der Waals surface area (Å²) in [6.45, 7) is 8.47. The van der Waals surface area contributed by atoms with Crippen molar-refractivity contribution in [3.8, 4) is 11.1 Å². The number of methoxy groups -OCH3 is 1. The number of carbonyl (C=O) groups is 2. The second-order valence-corrected chi connectivity index (χ2v) is 11.4. The van der Waals surface area contributed by atoms with Gasteiger partial charge in [-0.1, -0.05) is 71.9 Å². The van der Waals surface area contributed by atoms with Gasteiger partial charge in [0.25, 0.3) is 0 Å². The molecule has 1 amide bonds. The number of benzene rings is 2. The average Bonchev–Trinajstić information content (AvgIpc) is 3.48. The van der Waals surface area contributed by atoms with Crippen LogP contribution >= 0.6 is 23.1 Å². The number of thiophene rings is 1. The summed E-state index contributed by atoms with van der Waals surface area (Å²) in [5, 5.41) is 14.9. The van der Waals surface area contributed by atoms with Crippen LogP contribution in [-0.4, -0.2) is 39.5 Å². The van der Waals surface area contributed by atoms with E-state index in [9.17, 15) is 9.59 Å².